The number of rotatable bonds is 0. The summed E-state index contributed by atoms with van der Waals surface area (Å²) in [4.78, 5) is 0. The van der Waals surface area contributed by atoms with E-state index in [1.54, 1.807) is 0 Å². The molecule has 9 heavy (non-hydrogen) atoms. The first kappa shape index (κ1) is 5.72. The Morgan fingerprint density at radius 3 is 1.44 bits per heavy atom. The minimum Gasteiger partial charge on any atom is -0.323 e. The summed E-state index contributed by atoms with van der Waals surface area (Å²) in [5, 5.41) is 0. The molecule has 0 N–H and O–H groups in total. The Morgan fingerprint density at radius 1 is 0.556 bits per heavy atom. The first-order chi connectivity index (χ1) is 4.41. The van der Waals surface area contributed by atoms with Crippen LogP contribution in [0.25, 0.3) is 0 Å². The molecule has 0 saturated carbocycles. The van der Waals surface area contributed by atoms with E-state index in [0.29, 0.717) is 0 Å². The summed E-state index contributed by atoms with van der Waals surface area (Å²) < 4.78 is 1.50. The lowest BCUT2D eigenvalue weighted by Crippen LogP contribution is -2.60. The fourth-order valence-electron chi connectivity index (χ4n) is 2.24. The molecular formula is C8H16N+. The van der Waals surface area contributed by atoms with E-state index in [9.17, 15) is 0 Å². The van der Waals surface area contributed by atoms with Crippen molar-refractivity contribution in [1.82, 2.24) is 0 Å². The number of nitrogens with zero attached hydrogens (tertiary/aromatic N) is 1. The Labute approximate surface area is 57.3 Å². The van der Waals surface area contributed by atoms with E-state index in [2.05, 4.69) is 0 Å². The van der Waals surface area contributed by atoms with Gasteiger partial charge in [-0.2, -0.15) is 0 Å². The summed E-state index contributed by atoms with van der Waals surface area (Å²) in [5.41, 5.74) is 0. The normalized spacial score (nSPS) is 32.0. The van der Waals surface area contributed by atoms with Crippen LogP contribution in [0.5, 0.6) is 0 Å². The first-order valence-corrected chi connectivity index (χ1v) is 4.26. The largest absolute Gasteiger partial charge is 0.323 e. The summed E-state index contributed by atoms with van der Waals surface area (Å²) in [6.45, 7) is 6.00. The van der Waals surface area contributed by atoms with Gasteiger partial charge in [0.1, 0.15) is 0 Å². The second-order valence-corrected chi connectivity index (χ2v) is 3.65. The monoisotopic (exact) mass is 126 g/mol. The Kier molecular flexibility index (Phi) is 1.26. The molecule has 2 aliphatic rings. The molecule has 2 aliphatic heterocycles. The third-order valence-corrected chi connectivity index (χ3v) is 3.03. The standard InChI is InChI=1S/C8H16N/c1-2-5-9(6-3-1)7-4-8-9/h1-8H2/q+1. The molecule has 0 bridgehead atoms. The van der Waals surface area contributed by atoms with Gasteiger partial charge < -0.3 is 4.48 Å². The SMILES string of the molecule is C1CC[N+]2(CC1)CCC2. The van der Waals surface area contributed by atoms with Gasteiger partial charge in [0.25, 0.3) is 0 Å². The Bertz CT molecular complexity index is 97.1. The first-order valence-electron chi connectivity index (χ1n) is 4.26. The molecule has 2 fully saturated rings. The maximum absolute atomic E-state index is 1.50. The van der Waals surface area contributed by atoms with Crippen LogP contribution in [-0.4, -0.2) is 30.7 Å². The van der Waals surface area contributed by atoms with Gasteiger partial charge in [0.05, 0.1) is 26.2 Å². The zero-order chi connectivity index (χ0) is 6.16. The zero-order valence-electron chi connectivity index (χ0n) is 6.10. The molecule has 1 heteroatoms. The predicted octanol–water partition coefficient (Wildman–Crippen LogP) is 1.39. The second-order valence-electron chi connectivity index (χ2n) is 3.65. The van der Waals surface area contributed by atoms with Crippen LogP contribution in [0.4, 0.5) is 0 Å². The fourth-order valence-corrected chi connectivity index (χ4v) is 2.24. The topological polar surface area (TPSA) is 0 Å². The smallest absolute Gasteiger partial charge is 0.0841 e. The molecule has 0 atom stereocenters. The number of piperidine rings is 1. The molecule has 2 saturated heterocycles. The molecule has 0 aromatic rings. The molecule has 1 spiro atoms. The minimum atomic E-state index is 1.50. The van der Waals surface area contributed by atoms with Gasteiger partial charge in [-0.15, -0.1) is 0 Å². The molecule has 0 amide bonds. The van der Waals surface area contributed by atoms with Gasteiger partial charge in [-0.25, -0.2) is 0 Å². The minimum absolute atomic E-state index is 1.50. The number of quaternary nitrogens is 1. The summed E-state index contributed by atoms with van der Waals surface area (Å²) in [6.07, 6.45) is 6.00. The lowest BCUT2D eigenvalue weighted by Gasteiger charge is -2.48. The molecule has 0 aliphatic carbocycles. The summed E-state index contributed by atoms with van der Waals surface area (Å²) in [5.74, 6) is 0. The molecule has 1 nitrogen and oxygen atoms in total. The molecule has 52 valence electrons. The maximum atomic E-state index is 1.50. The van der Waals surface area contributed by atoms with E-state index in [4.69, 9.17) is 0 Å². The molecule has 0 radical (unpaired) electrons. The third-order valence-electron chi connectivity index (χ3n) is 3.03. The lowest BCUT2D eigenvalue weighted by atomic mass is 10.0. The Balaban J connectivity index is 1.93. The van der Waals surface area contributed by atoms with Crippen molar-refractivity contribution in [3.05, 3.63) is 0 Å². The second kappa shape index (κ2) is 1.98. The lowest BCUT2D eigenvalue weighted by molar-refractivity contribution is -0.967. The quantitative estimate of drug-likeness (QED) is 0.430. The molecular weight excluding hydrogens is 110 g/mol. The van der Waals surface area contributed by atoms with Crippen molar-refractivity contribution < 1.29 is 4.48 Å². The van der Waals surface area contributed by atoms with E-state index < -0.39 is 0 Å². The van der Waals surface area contributed by atoms with Crippen molar-refractivity contribution in [1.29, 1.82) is 0 Å². The molecule has 0 unspecified atom stereocenters. The number of hydrogen-bond donors (Lipinski definition) is 0. The van der Waals surface area contributed by atoms with Crippen LogP contribution in [0, 0.1) is 0 Å². The predicted molar refractivity (Wildman–Crippen MR) is 38.2 cm³/mol. The number of hydrogen-bond acceptors (Lipinski definition) is 0. The van der Waals surface area contributed by atoms with Crippen LogP contribution in [0.2, 0.25) is 0 Å². The average molecular weight is 126 g/mol. The highest BCUT2D eigenvalue weighted by molar-refractivity contribution is 4.60. The van der Waals surface area contributed by atoms with Gasteiger partial charge in [0.15, 0.2) is 0 Å². The van der Waals surface area contributed by atoms with Crippen molar-refractivity contribution in [2.45, 2.75) is 25.7 Å². The van der Waals surface area contributed by atoms with Gasteiger partial charge in [-0.05, 0) is 19.3 Å². The fraction of sp³-hybridized carbons (Fsp3) is 1.00. The maximum Gasteiger partial charge on any atom is 0.0841 e. The van der Waals surface area contributed by atoms with E-state index in [1.807, 2.05) is 0 Å². The molecule has 0 aromatic carbocycles. The highest BCUT2D eigenvalue weighted by Gasteiger charge is 2.35. The van der Waals surface area contributed by atoms with Crippen molar-refractivity contribution in [2.75, 3.05) is 26.2 Å². The van der Waals surface area contributed by atoms with E-state index >= 15 is 0 Å². The molecule has 2 heterocycles. The van der Waals surface area contributed by atoms with Crippen LogP contribution in [-0.2, 0) is 0 Å². The van der Waals surface area contributed by atoms with Crippen molar-refractivity contribution in [3.8, 4) is 0 Å². The molecule has 0 aromatic heterocycles. The summed E-state index contributed by atoms with van der Waals surface area (Å²) >= 11 is 0. The van der Waals surface area contributed by atoms with Gasteiger partial charge in [0.2, 0.25) is 0 Å². The third kappa shape index (κ3) is 0.877. The van der Waals surface area contributed by atoms with E-state index in [0.717, 1.165) is 0 Å². The Morgan fingerprint density at radius 2 is 1.11 bits per heavy atom. The average Bonchev–Trinajstić information content (AvgIpc) is 1.87. The van der Waals surface area contributed by atoms with Crippen LogP contribution in [0.3, 0.4) is 0 Å². The van der Waals surface area contributed by atoms with Crippen molar-refractivity contribution in [3.63, 3.8) is 0 Å². The van der Waals surface area contributed by atoms with E-state index in [-0.39, 0.29) is 0 Å². The van der Waals surface area contributed by atoms with Crippen LogP contribution < -0.4 is 0 Å². The van der Waals surface area contributed by atoms with Gasteiger partial charge in [0, 0.05) is 6.42 Å². The van der Waals surface area contributed by atoms with Crippen LogP contribution in [0.1, 0.15) is 25.7 Å². The highest BCUT2D eigenvalue weighted by Crippen LogP contribution is 2.26. The Hall–Kier alpha value is -0.0400. The zero-order valence-corrected chi connectivity index (χ0v) is 6.10. The van der Waals surface area contributed by atoms with Crippen molar-refractivity contribution >= 4 is 0 Å². The van der Waals surface area contributed by atoms with Gasteiger partial charge in [-0.1, -0.05) is 0 Å². The van der Waals surface area contributed by atoms with Crippen molar-refractivity contribution in [2.24, 2.45) is 0 Å². The summed E-state index contributed by atoms with van der Waals surface area (Å²) in [6, 6.07) is 0. The van der Waals surface area contributed by atoms with Gasteiger partial charge in [-0.3, -0.25) is 0 Å². The summed E-state index contributed by atoms with van der Waals surface area (Å²) in [7, 11) is 0. The van der Waals surface area contributed by atoms with E-state index in [1.165, 1.54) is 56.3 Å². The molecule has 2 rings (SSSR count). The van der Waals surface area contributed by atoms with Crippen LogP contribution >= 0.6 is 0 Å². The van der Waals surface area contributed by atoms with Crippen LogP contribution in [0.15, 0.2) is 0 Å². The highest BCUT2D eigenvalue weighted by atomic mass is 15.4. The van der Waals surface area contributed by atoms with Gasteiger partial charge >= 0.3 is 0 Å².